The molecule has 0 spiro atoms. The van der Waals surface area contributed by atoms with Crippen LogP contribution < -0.4 is 5.32 Å². The Morgan fingerprint density at radius 1 is 1.15 bits per heavy atom. The van der Waals surface area contributed by atoms with Crippen molar-refractivity contribution < 1.29 is 9.59 Å². The Morgan fingerprint density at radius 2 is 2.00 bits per heavy atom. The minimum atomic E-state index is -0.204. The Morgan fingerprint density at radius 3 is 2.85 bits per heavy atom. The van der Waals surface area contributed by atoms with Crippen molar-refractivity contribution in [3.8, 4) is 0 Å². The zero-order valence-electron chi connectivity index (χ0n) is 18.0. The maximum atomic E-state index is 13.2. The average molecular weight is 483 g/mol. The number of carbonyl (C=O) groups is 2. The molecule has 0 radical (unpaired) electrons. The predicted molar refractivity (Wildman–Crippen MR) is 127 cm³/mol. The number of aromatic amines is 1. The lowest BCUT2D eigenvalue weighted by Gasteiger charge is -2.28. The largest absolute Gasteiger partial charge is 0.344 e. The number of aromatic nitrogens is 2. The van der Waals surface area contributed by atoms with E-state index in [-0.39, 0.29) is 24.3 Å². The van der Waals surface area contributed by atoms with Crippen molar-refractivity contribution >= 4 is 35.0 Å². The topological polar surface area (TPSA) is 78.1 Å². The lowest BCUT2D eigenvalue weighted by molar-refractivity contribution is -0.131. The van der Waals surface area contributed by atoms with E-state index in [1.807, 2.05) is 12.1 Å². The molecule has 0 fully saturated rings. The number of H-pyrrole nitrogens is 1. The molecule has 1 atom stereocenters. The molecule has 0 bridgehead atoms. The molecule has 5 rings (SSSR count). The monoisotopic (exact) mass is 482 g/mol. The summed E-state index contributed by atoms with van der Waals surface area (Å²) in [5.74, 6) is -0.247. The zero-order chi connectivity index (χ0) is 22.9. The molecule has 2 amide bonds. The highest BCUT2D eigenvalue weighted by atomic mass is 35.5. The highest BCUT2D eigenvalue weighted by Gasteiger charge is 2.30. The number of halogens is 2. The second kappa shape index (κ2) is 9.20. The quantitative estimate of drug-likeness (QED) is 0.567. The molecule has 2 N–H and O–H groups in total. The highest BCUT2D eigenvalue weighted by molar-refractivity contribution is 6.35. The van der Waals surface area contributed by atoms with Gasteiger partial charge in [-0.05, 0) is 48.1 Å². The number of nitrogens with zero attached hydrogens (tertiary/aromatic N) is 2. The average Bonchev–Trinajstić information content (AvgIpc) is 3.24. The van der Waals surface area contributed by atoms with Gasteiger partial charge >= 0.3 is 0 Å². The van der Waals surface area contributed by atoms with Crippen molar-refractivity contribution in [2.75, 3.05) is 6.54 Å². The number of hydrogen-bond acceptors (Lipinski definition) is 3. The fourth-order valence-electron chi connectivity index (χ4n) is 4.77. The number of rotatable bonds is 4. The second-order valence-electron chi connectivity index (χ2n) is 8.62. The molecule has 2 heterocycles. The fourth-order valence-corrected chi connectivity index (χ4v) is 5.24. The van der Waals surface area contributed by atoms with Crippen LogP contribution in [-0.2, 0) is 30.6 Å². The summed E-state index contributed by atoms with van der Waals surface area (Å²) >= 11 is 12.2. The SMILES string of the molecule is O=C(N[C@H]1CCCc2ccccc21)c1n[nH]c2c1CN(C(=O)Cc1ccc(Cl)cc1Cl)CC2. The molecule has 0 unspecified atom stereocenters. The van der Waals surface area contributed by atoms with Crippen LogP contribution in [-0.4, -0.2) is 33.5 Å². The molecule has 0 saturated heterocycles. The Labute approximate surface area is 202 Å². The smallest absolute Gasteiger partial charge is 0.272 e. The van der Waals surface area contributed by atoms with E-state index < -0.39 is 0 Å². The molecule has 170 valence electrons. The molecule has 6 nitrogen and oxygen atoms in total. The van der Waals surface area contributed by atoms with Gasteiger partial charge in [-0.15, -0.1) is 0 Å². The van der Waals surface area contributed by atoms with Gasteiger partial charge in [0.2, 0.25) is 5.91 Å². The van der Waals surface area contributed by atoms with Gasteiger partial charge in [0, 0.05) is 40.8 Å². The van der Waals surface area contributed by atoms with Crippen LogP contribution in [0.15, 0.2) is 42.5 Å². The van der Waals surface area contributed by atoms with Gasteiger partial charge in [-0.3, -0.25) is 14.7 Å². The van der Waals surface area contributed by atoms with Gasteiger partial charge in [-0.2, -0.15) is 5.10 Å². The first-order chi connectivity index (χ1) is 16.0. The summed E-state index contributed by atoms with van der Waals surface area (Å²) < 4.78 is 0. The van der Waals surface area contributed by atoms with E-state index in [2.05, 4.69) is 27.6 Å². The molecule has 2 aromatic carbocycles. The van der Waals surface area contributed by atoms with E-state index in [0.717, 1.165) is 36.1 Å². The number of nitrogens with one attached hydrogen (secondary N) is 2. The van der Waals surface area contributed by atoms with Gasteiger partial charge in [0.15, 0.2) is 5.69 Å². The van der Waals surface area contributed by atoms with E-state index in [1.165, 1.54) is 11.1 Å². The number of hydrogen-bond donors (Lipinski definition) is 2. The van der Waals surface area contributed by atoms with Crippen molar-refractivity contribution in [2.45, 2.75) is 44.7 Å². The number of amides is 2. The van der Waals surface area contributed by atoms with Gasteiger partial charge in [-0.25, -0.2) is 0 Å². The predicted octanol–water partition coefficient (Wildman–Crippen LogP) is 4.65. The number of carbonyl (C=O) groups excluding carboxylic acids is 2. The van der Waals surface area contributed by atoms with Gasteiger partial charge in [0.05, 0.1) is 12.5 Å². The summed E-state index contributed by atoms with van der Waals surface area (Å²) in [4.78, 5) is 27.9. The van der Waals surface area contributed by atoms with Crippen LogP contribution in [0.3, 0.4) is 0 Å². The minimum absolute atomic E-state index is 0.0248. The lowest BCUT2D eigenvalue weighted by atomic mass is 9.87. The highest BCUT2D eigenvalue weighted by Crippen LogP contribution is 2.30. The molecule has 2 aliphatic rings. The number of benzene rings is 2. The van der Waals surface area contributed by atoms with Gasteiger partial charge in [0.1, 0.15) is 0 Å². The van der Waals surface area contributed by atoms with Crippen LogP contribution in [0.1, 0.15) is 57.3 Å². The standard InChI is InChI=1S/C25H24Cl2N4O2/c26-17-9-8-16(20(27)13-17)12-23(32)31-11-10-22-19(14-31)24(30-29-22)25(33)28-21-7-3-5-15-4-1-2-6-18(15)21/h1-2,4,6,8-9,13,21H,3,5,7,10-12,14H2,(H,28,33)(H,29,30)/t21-/m0/s1. The molecule has 1 aromatic heterocycles. The molecule has 1 aliphatic heterocycles. The van der Waals surface area contributed by atoms with Crippen molar-refractivity contribution in [3.63, 3.8) is 0 Å². The lowest BCUT2D eigenvalue weighted by Crippen LogP contribution is -2.38. The summed E-state index contributed by atoms with van der Waals surface area (Å²) in [5.41, 5.74) is 5.28. The van der Waals surface area contributed by atoms with Gasteiger partial charge in [0.25, 0.3) is 5.91 Å². The molecule has 1 aliphatic carbocycles. The fraction of sp³-hybridized carbons (Fsp3) is 0.320. The molecule has 8 heteroatoms. The first kappa shape index (κ1) is 22.0. The maximum absolute atomic E-state index is 13.2. The minimum Gasteiger partial charge on any atom is -0.344 e. The Balaban J connectivity index is 1.30. The molecular formula is C25H24Cl2N4O2. The van der Waals surface area contributed by atoms with Crippen LogP contribution in [0.2, 0.25) is 10.0 Å². The third kappa shape index (κ3) is 4.50. The number of fused-ring (bicyclic) bond motifs is 2. The maximum Gasteiger partial charge on any atom is 0.272 e. The van der Waals surface area contributed by atoms with Crippen LogP contribution in [0, 0.1) is 0 Å². The number of aryl methyl sites for hydroxylation is 1. The second-order valence-corrected chi connectivity index (χ2v) is 9.47. The van der Waals surface area contributed by atoms with Gasteiger partial charge in [-0.1, -0.05) is 53.5 Å². The first-order valence-electron chi connectivity index (χ1n) is 11.2. The normalized spacial score (nSPS) is 17.3. The van der Waals surface area contributed by atoms with Crippen LogP contribution >= 0.6 is 23.2 Å². The zero-order valence-corrected chi connectivity index (χ0v) is 19.5. The summed E-state index contributed by atoms with van der Waals surface area (Å²) in [6.07, 6.45) is 3.79. The van der Waals surface area contributed by atoms with E-state index in [9.17, 15) is 9.59 Å². The van der Waals surface area contributed by atoms with E-state index in [4.69, 9.17) is 23.2 Å². The van der Waals surface area contributed by atoms with Crippen molar-refractivity contribution in [1.29, 1.82) is 0 Å². The molecule has 0 saturated carbocycles. The molecule has 33 heavy (non-hydrogen) atoms. The van der Waals surface area contributed by atoms with Crippen LogP contribution in [0.4, 0.5) is 0 Å². The summed E-state index contributed by atoms with van der Waals surface area (Å²) in [6.45, 7) is 0.913. The Hall–Kier alpha value is -2.83. The van der Waals surface area contributed by atoms with E-state index in [1.54, 1.807) is 23.1 Å². The summed E-state index contributed by atoms with van der Waals surface area (Å²) in [5, 5.41) is 11.5. The van der Waals surface area contributed by atoms with Crippen LogP contribution in [0.25, 0.3) is 0 Å². The Kier molecular flexibility index (Phi) is 6.13. The summed E-state index contributed by atoms with van der Waals surface area (Å²) in [6, 6.07) is 13.4. The van der Waals surface area contributed by atoms with Gasteiger partial charge < -0.3 is 10.2 Å². The van der Waals surface area contributed by atoms with Crippen molar-refractivity contribution in [1.82, 2.24) is 20.4 Å². The Bertz CT molecular complexity index is 1220. The third-order valence-corrected chi connectivity index (χ3v) is 7.12. The van der Waals surface area contributed by atoms with Crippen LogP contribution in [0.5, 0.6) is 0 Å². The molecule has 3 aromatic rings. The van der Waals surface area contributed by atoms with Crippen molar-refractivity contribution in [3.05, 3.63) is 86.2 Å². The van der Waals surface area contributed by atoms with E-state index in [0.29, 0.717) is 35.2 Å². The first-order valence-corrected chi connectivity index (χ1v) is 11.9. The van der Waals surface area contributed by atoms with Crippen molar-refractivity contribution in [2.24, 2.45) is 0 Å². The third-order valence-electron chi connectivity index (χ3n) is 6.53. The van der Waals surface area contributed by atoms with E-state index >= 15 is 0 Å². The molecular weight excluding hydrogens is 459 g/mol. The summed E-state index contributed by atoms with van der Waals surface area (Å²) in [7, 11) is 0.